The first-order chi connectivity index (χ1) is 10.0. The van der Waals surface area contributed by atoms with Crippen LogP contribution in [-0.4, -0.2) is 16.1 Å². The van der Waals surface area contributed by atoms with E-state index < -0.39 is 5.82 Å². The number of nitrogens with zero attached hydrogens (tertiary/aromatic N) is 3. The minimum atomic E-state index is -0.581. The van der Waals surface area contributed by atoms with Gasteiger partial charge in [0.05, 0.1) is 11.7 Å². The molecule has 0 aliphatic heterocycles. The van der Waals surface area contributed by atoms with Gasteiger partial charge in [0.25, 0.3) is 0 Å². The van der Waals surface area contributed by atoms with Crippen molar-refractivity contribution in [2.45, 2.75) is 20.0 Å². The van der Waals surface area contributed by atoms with Gasteiger partial charge < -0.3 is 15.8 Å². The van der Waals surface area contributed by atoms with Crippen molar-refractivity contribution in [1.29, 1.82) is 5.26 Å². The maximum atomic E-state index is 13.3. The van der Waals surface area contributed by atoms with Gasteiger partial charge in [0.2, 0.25) is 5.88 Å². The number of aromatic nitrogens is 2. The highest BCUT2D eigenvalue weighted by Crippen LogP contribution is 2.28. The molecule has 0 amide bonds. The molecule has 0 atom stereocenters. The van der Waals surface area contributed by atoms with E-state index in [1.165, 1.54) is 24.5 Å². The summed E-state index contributed by atoms with van der Waals surface area (Å²) in [5.41, 5.74) is 6.60. The third-order valence-corrected chi connectivity index (χ3v) is 2.54. The van der Waals surface area contributed by atoms with Crippen LogP contribution in [0.4, 0.5) is 21.6 Å². The number of nitrogen functional groups attached to an aromatic ring is 1. The fraction of sp³-hybridized carbons (Fsp3) is 0.214. The van der Waals surface area contributed by atoms with Gasteiger partial charge in [0.15, 0.2) is 5.82 Å². The molecule has 6 nitrogen and oxygen atoms in total. The standard InChI is InChI=1S/C14H14FN5O/c1-8(2)21-14-12(17)13(18-7-19-14)20-10-3-4-11(15)9(5-10)6-16/h3-5,7-8H,17H2,1-2H3,(H,18,19,20). The third-order valence-electron chi connectivity index (χ3n) is 2.54. The molecule has 1 aromatic carbocycles. The van der Waals surface area contributed by atoms with E-state index in [2.05, 4.69) is 15.3 Å². The summed E-state index contributed by atoms with van der Waals surface area (Å²) in [5, 5.41) is 11.7. The average molecular weight is 287 g/mol. The molecular weight excluding hydrogens is 273 g/mol. The zero-order valence-electron chi connectivity index (χ0n) is 11.6. The van der Waals surface area contributed by atoms with Crippen molar-refractivity contribution in [3.8, 4) is 11.9 Å². The Bertz CT molecular complexity index is 696. The molecule has 21 heavy (non-hydrogen) atoms. The summed E-state index contributed by atoms with van der Waals surface area (Å²) < 4.78 is 18.7. The number of nitrogens with one attached hydrogen (secondary N) is 1. The van der Waals surface area contributed by atoms with Crippen molar-refractivity contribution in [3.63, 3.8) is 0 Å². The predicted octanol–water partition coefficient (Wildman–Crippen LogP) is 2.60. The highest BCUT2D eigenvalue weighted by molar-refractivity contribution is 5.72. The van der Waals surface area contributed by atoms with E-state index in [-0.39, 0.29) is 23.2 Å². The van der Waals surface area contributed by atoms with Crippen LogP contribution in [0.1, 0.15) is 19.4 Å². The van der Waals surface area contributed by atoms with Gasteiger partial charge in [0, 0.05) is 5.69 Å². The Morgan fingerprint density at radius 2 is 2.14 bits per heavy atom. The molecule has 1 aromatic heterocycles. The Labute approximate surface area is 121 Å². The fourth-order valence-corrected chi connectivity index (χ4v) is 1.62. The first kappa shape index (κ1) is 14.5. The number of ether oxygens (including phenoxy) is 1. The molecule has 0 fully saturated rings. The first-order valence-corrected chi connectivity index (χ1v) is 6.25. The SMILES string of the molecule is CC(C)Oc1ncnc(Nc2ccc(F)c(C#N)c2)c1N. The zero-order chi connectivity index (χ0) is 15.4. The van der Waals surface area contributed by atoms with Crippen LogP contribution in [0.25, 0.3) is 0 Å². The van der Waals surface area contributed by atoms with Gasteiger partial charge in [-0.1, -0.05) is 0 Å². The van der Waals surface area contributed by atoms with Gasteiger partial charge in [0.1, 0.15) is 23.9 Å². The number of halogens is 1. The van der Waals surface area contributed by atoms with Crippen molar-refractivity contribution in [1.82, 2.24) is 9.97 Å². The van der Waals surface area contributed by atoms with E-state index in [0.717, 1.165) is 0 Å². The highest BCUT2D eigenvalue weighted by atomic mass is 19.1. The molecule has 108 valence electrons. The number of nitriles is 1. The van der Waals surface area contributed by atoms with Crippen LogP contribution in [0.3, 0.4) is 0 Å². The molecule has 0 aliphatic rings. The van der Waals surface area contributed by atoms with Crippen LogP contribution in [0, 0.1) is 17.1 Å². The van der Waals surface area contributed by atoms with Gasteiger partial charge in [-0.15, -0.1) is 0 Å². The smallest absolute Gasteiger partial charge is 0.242 e. The van der Waals surface area contributed by atoms with Crippen molar-refractivity contribution < 1.29 is 9.13 Å². The Kier molecular flexibility index (Phi) is 4.18. The van der Waals surface area contributed by atoms with Crippen molar-refractivity contribution in [2.24, 2.45) is 0 Å². The van der Waals surface area contributed by atoms with Crippen molar-refractivity contribution in [3.05, 3.63) is 35.9 Å². The predicted molar refractivity (Wildman–Crippen MR) is 76.6 cm³/mol. The summed E-state index contributed by atoms with van der Waals surface area (Å²) in [6.45, 7) is 3.71. The number of hydrogen-bond donors (Lipinski definition) is 2. The molecular formula is C14H14FN5O. The fourth-order valence-electron chi connectivity index (χ4n) is 1.62. The largest absolute Gasteiger partial charge is 0.473 e. The van der Waals surface area contributed by atoms with E-state index in [0.29, 0.717) is 11.5 Å². The van der Waals surface area contributed by atoms with Gasteiger partial charge in [-0.2, -0.15) is 10.2 Å². The Morgan fingerprint density at radius 3 is 2.81 bits per heavy atom. The minimum absolute atomic E-state index is 0.0636. The van der Waals surface area contributed by atoms with Crippen molar-refractivity contribution in [2.75, 3.05) is 11.1 Å². The third kappa shape index (κ3) is 3.36. The Morgan fingerprint density at radius 1 is 1.38 bits per heavy atom. The van der Waals surface area contributed by atoms with Gasteiger partial charge >= 0.3 is 0 Å². The average Bonchev–Trinajstić information content (AvgIpc) is 2.44. The lowest BCUT2D eigenvalue weighted by Gasteiger charge is -2.13. The molecule has 0 unspecified atom stereocenters. The monoisotopic (exact) mass is 287 g/mol. The second kappa shape index (κ2) is 6.05. The lowest BCUT2D eigenvalue weighted by atomic mass is 10.2. The Hall–Kier alpha value is -2.88. The van der Waals surface area contributed by atoms with E-state index in [1.807, 2.05) is 13.8 Å². The summed E-state index contributed by atoms with van der Waals surface area (Å²) in [6.07, 6.45) is 1.23. The lowest BCUT2D eigenvalue weighted by molar-refractivity contribution is 0.234. The molecule has 0 bridgehead atoms. The molecule has 1 heterocycles. The number of rotatable bonds is 4. The van der Waals surface area contributed by atoms with Crippen LogP contribution in [0.5, 0.6) is 5.88 Å². The van der Waals surface area contributed by atoms with E-state index >= 15 is 0 Å². The van der Waals surface area contributed by atoms with E-state index in [4.69, 9.17) is 15.7 Å². The number of benzene rings is 1. The summed E-state index contributed by atoms with van der Waals surface area (Å²) in [5.74, 6) is 0.0174. The second-order valence-electron chi connectivity index (χ2n) is 4.54. The van der Waals surface area contributed by atoms with Gasteiger partial charge in [-0.25, -0.2) is 9.37 Å². The van der Waals surface area contributed by atoms with E-state index in [1.54, 1.807) is 6.07 Å². The summed E-state index contributed by atoms with van der Waals surface area (Å²) in [7, 11) is 0. The quantitative estimate of drug-likeness (QED) is 0.897. The molecule has 7 heteroatoms. The molecule has 2 rings (SSSR count). The number of nitrogens with two attached hydrogens (primary N) is 1. The maximum Gasteiger partial charge on any atom is 0.242 e. The molecule has 0 radical (unpaired) electrons. The number of hydrogen-bond acceptors (Lipinski definition) is 6. The lowest BCUT2D eigenvalue weighted by Crippen LogP contribution is -2.10. The zero-order valence-corrected chi connectivity index (χ0v) is 11.6. The summed E-state index contributed by atoms with van der Waals surface area (Å²) in [4.78, 5) is 7.97. The van der Waals surface area contributed by atoms with E-state index in [9.17, 15) is 4.39 Å². The molecule has 2 aromatic rings. The Balaban J connectivity index is 2.30. The maximum absolute atomic E-state index is 13.3. The molecule has 3 N–H and O–H groups in total. The van der Waals surface area contributed by atoms with Crippen LogP contribution >= 0.6 is 0 Å². The normalized spacial score (nSPS) is 10.2. The van der Waals surface area contributed by atoms with Crippen molar-refractivity contribution >= 4 is 17.2 Å². The number of anilines is 3. The van der Waals surface area contributed by atoms with Crippen LogP contribution in [0.15, 0.2) is 24.5 Å². The molecule has 0 saturated carbocycles. The van der Waals surface area contributed by atoms with Gasteiger partial charge in [-0.3, -0.25) is 0 Å². The molecule has 0 saturated heterocycles. The van der Waals surface area contributed by atoms with Crippen LogP contribution in [-0.2, 0) is 0 Å². The summed E-state index contributed by atoms with van der Waals surface area (Å²) >= 11 is 0. The van der Waals surface area contributed by atoms with Crippen LogP contribution < -0.4 is 15.8 Å². The van der Waals surface area contributed by atoms with Gasteiger partial charge in [-0.05, 0) is 32.0 Å². The second-order valence-corrected chi connectivity index (χ2v) is 4.54. The summed E-state index contributed by atoms with van der Waals surface area (Å²) in [6, 6.07) is 5.83. The topological polar surface area (TPSA) is 96.9 Å². The molecule has 0 spiro atoms. The highest BCUT2D eigenvalue weighted by Gasteiger charge is 2.11. The minimum Gasteiger partial charge on any atom is -0.473 e. The van der Waals surface area contributed by atoms with Crippen LogP contribution in [0.2, 0.25) is 0 Å². The first-order valence-electron chi connectivity index (χ1n) is 6.25. The molecule has 0 aliphatic carbocycles.